The van der Waals surface area contributed by atoms with Crippen LogP contribution in [0.1, 0.15) is 19.8 Å². The van der Waals surface area contributed by atoms with Crippen LogP contribution in [0.25, 0.3) is 0 Å². The van der Waals surface area contributed by atoms with Crippen LogP contribution in [-0.2, 0) is 4.79 Å². The van der Waals surface area contributed by atoms with E-state index < -0.39 is 17.7 Å². The Morgan fingerprint density at radius 2 is 2.05 bits per heavy atom. The molecule has 118 valence electrons. The molecule has 1 aromatic carbocycles. The van der Waals surface area contributed by atoms with E-state index in [0.717, 1.165) is 17.7 Å². The summed E-state index contributed by atoms with van der Waals surface area (Å²) >= 11 is 0. The minimum absolute atomic E-state index is 0.0290. The van der Waals surface area contributed by atoms with Crippen molar-refractivity contribution in [2.45, 2.75) is 31.4 Å². The number of rotatable bonds is 6. The number of carbonyl (C=O) groups excluding carboxylic acids is 2. The zero-order valence-corrected chi connectivity index (χ0v) is 12.5. The fraction of sp³-hybridized carbons (Fsp3) is 0.500. The summed E-state index contributed by atoms with van der Waals surface area (Å²) in [7, 11) is 0. The number of nitrogens with zero attached hydrogens (tertiary/aromatic N) is 1. The third-order valence-corrected chi connectivity index (χ3v) is 4.27. The minimum atomic E-state index is -0.920. The summed E-state index contributed by atoms with van der Waals surface area (Å²) in [5.74, 6) is 0.604. The number of aliphatic hydroxyl groups is 1. The Kier molecular flexibility index (Phi) is 3.78. The molecule has 6 nitrogen and oxygen atoms in total. The molecule has 2 fully saturated rings. The first kappa shape index (κ1) is 14.8. The zero-order valence-electron chi connectivity index (χ0n) is 12.5. The van der Waals surface area contributed by atoms with E-state index in [0.29, 0.717) is 5.75 Å². The molecule has 0 radical (unpaired) electrons. The van der Waals surface area contributed by atoms with Crippen LogP contribution in [0.4, 0.5) is 4.79 Å². The Morgan fingerprint density at radius 1 is 1.36 bits per heavy atom. The second-order valence-electron chi connectivity index (χ2n) is 6.10. The third kappa shape index (κ3) is 2.78. The van der Waals surface area contributed by atoms with Gasteiger partial charge >= 0.3 is 6.03 Å². The number of ether oxygens (including phenoxy) is 1. The number of carbonyl (C=O) groups is 2. The van der Waals surface area contributed by atoms with E-state index in [1.165, 1.54) is 0 Å². The van der Waals surface area contributed by atoms with Gasteiger partial charge in [0, 0.05) is 0 Å². The van der Waals surface area contributed by atoms with E-state index >= 15 is 0 Å². The average Bonchev–Trinajstić information content (AvgIpc) is 3.33. The number of aliphatic hydroxyl groups excluding tert-OH is 1. The van der Waals surface area contributed by atoms with Gasteiger partial charge in [0.05, 0.1) is 6.54 Å². The number of hydrogen-bond donors (Lipinski definition) is 2. The molecule has 1 aromatic rings. The predicted octanol–water partition coefficient (Wildman–Crippen LogP) is 1.15. The summed E-state index contributed by atoms with van der Waals surface area (Å²) in [5, 5.41) is 12.8. The lowest BCUT2D eigenvalue weighted by molar-refractivity contribution is -0.132. The number of para-hydroxylation sites is 1. The molecular formula is C16H20N2O4. The van der Waals surface area contributed by atoms with Gasteiger partial charge in [-0.3, -0.25) is 9.69 Å². The maximum Gasteiger partial charge on any atom is 0.325 e. The Labute approximate surface area is 129 Å². The first-order valence-corrected chi connectivity index (χ1v) is 7.51. The standard InChI is InChI=1S/C16H20N2O4/c1-16(11-7-8-11)14(20)18(15(21)17-16)9-12(19)10-22-13-5-3-2-4-6-13/h2-6,11-12,19H,7-10H2,1H3,(H,17,21)/t12-,16-/m0/s1. The predicted molar refractivity (Wildman–Crippen MR) is 79.3 cm³/mol. The summed E-state index contributed by atoms with van der Waals surface area (Å²) in [6.07, 6.45) is 0.989. The maximum atomic E-state index is 12.4. The first-order valence-electron chi connectivity index (χ1n) is 7.51. The topological polar surface area (TPSA) is 78.9 Å². The minimum Gasteiger partial charge on any atom is -0.491 e. The maximum absolute atomic E-state index is 12.4. The van der Waals surface area contributed by atoms with E-state index in [9.17, 15) is 14.7 Å². The van der Waals surface area contributed by atoms with Crippen molar-refractivity contribution in [1.82, 2.24) is 10.2 Å². The lowest BCUT2D eigenvalue weighted by atomic mass is 9.96. The van der Waals surface area contributed by atoms with Crippen LogP contribution >= 0.6 is 0 Å². The van der Waals surface area contributed by atoms with Gasteiger partial charge in [0.2, 0.25) is 0 Å². The summed E-state index contributed by atoms with van der Waals surface area (Å²) in [6.45, 7) is 1.73. The summed E-state index contributed by atoms with van der Waals surface area (Å²) in [6, 6.07) is 8.67. The second-order valence-corrected chi connectivity index (χ2v) is 6.10. The number of nitrogens with one attached hydrogen (secondary N) is 1. The smallest absolute Gasteiger partial charge is 0.325 e. The van der Waals surface area contributed by atoms with Crippen LogP contribution < -0.4 is 10.1 Å². The summed E-state index contributed by atoms with van der Waals surface area (Å²) in [4.78, 5) is 25.5. The van der Waals surface area contributed by atoms with Crippen molar-refractivity contribution in [3.05, 3.63) is 30.3 Å². The molecule has 0 bridgehead atoms. The van der Waals surface area contributed by atoms with Gasteiger partial charge in [0.15, 0.2) is 0 Å². The highest BCUT2D eigenvalue weighted by Crippen LogP contribution is 2.42. The number of amides is 3. The number of imide groups is 1. The molecule has 2 atom stereocenters. The molecule has 3 amide bonds. The number of β-amino-alcohol motifs (C(OH)–C–C–N with tert-alkyl or cyclic N) is 1. The van der Waals surface area contributed by atoms with Gasteiger partial charge in [-0.1, -0.05) is 18.2 Å². The molecule has 1 aliphatic heterocycles. The molecule has 0 spiro atoms. The highest BCUT2D eigenvalue weighted by atomic mass is 16.5. The lowest BCUT2D eigenvalue weighted by Gasteiger charge is -2.22. The van der Waals surface area contributed by atoms with Crippen LogP contribution in [-0.4, -0.2) is 46.7 Å². The van der Waals surface area contributed by atoms with E-state index in [1.807, 2.05) is 18.2 Å². The van der Waals surface area contributed by atoms with Gasteiger partial charge in [-0.2, -0.15) is 0 Å². The molecule has 1 heterocycles. The highest BCUT2D eigenvalue weighted by Gasteiger charge is 2.56. The van der Waals surface area contributed by atoms with Crippen molar-refractivity contribution in [1.29, 1.82) is 0 Å². The molecule has 3 rings (SSSR count). The molecule has 2 N–H and O–H groups in total. The van der Waals surface area contributed by atoms with E-state index in [1.54, 1.807) is 19.1 Å². The van der Waals surface area contributed by atoms with Gasteiger partial charge < -0.3 is 15.2 Å². The Morgan fingerprint density at radius 3 is 2.68 bits per heavy atom. The Balaban J connectivity index is 1.56. The quantitative estimate of drug-likeness (QED) is 0.773. The van der Waals surface area contributed by atoms with E-state index in [4.69, 9.17) is 4.74 Å². The molecular weight excluding hydrogens is 284 g/mol. The SMILES string of the molecule is C[C@@]1(C2CC2)NC(=O)N(C[C@H](O)COc2ccccc2)C1=O. The van der Waals surface area contributed by atoms with Gasteiger partial charge in [0.1, 0.15) is 24.0 Å². The van der Waals surface area contributed by atoms with Crippen LogP contribution in [0.15, 0.2) is 30.3 Å². The van der Waals surface area contributed by atoms with E-state index in [2.05, 4.69) is 5.32 Å². The lowest BCUT2D eigenvalue weighted by Crippen LogP contribution is -2.46. The van der Waals surface area contributed by atoms with Crippen molar-refractivity contribution in [3.63, 3.8) is 0 Å². The zero-order chi connectivity index (χ0) is 15.7. The van der Waals surface area contributed by atoms with Gasteiger partial charge in [-0.05, 0) is 37.8 Å². The normalized spacial score (nSPS) is 26.0. The van der Waals surface area contributed by atoms with Gasteiger partial charge in [0.25, 0.3) is 5.91 Å². The molecule has 2 aliphatic rings. The van der Waals surface area contributed by atoms with Crippen molar-refractivity contribution < 1.29 is 19.4 Å². The summed E-state index contributed by atoms with van der Waals surface area (Å²) < 4.78 is 5.44. The molecule has 1 aliphatic carbocycles. The molecule has 22 heavy (non-hydrogen) atoms. The van der Waals surface area contributed by atoms with Crippen molar-refractivity contribution in [2.75, 3.05) is 13.2 Å². The number of hydrogen-bond acceptors (Lipinski definition) is 4. The fourth-order valence-corrected chi connectivity index (χ4v) is 2.79. The first-order chi connectivity index (χ1) is 10.5. The van der Waals surface area contributed by atoms with Crippen LogP contribution in [0.2, 0.25) is 0 Å². The largest absolute Gasteiger partial charge is 0.491 e. The van der Waals surface area contributed by atoms with Gasteiger partial charge in [-0.15, -0.1) is 0 Å². The van der Waals surface area contributed by atoms with E-state index in [-0.39, 0.29) is 25.0 Å². The second kappa shape index (κ2) is 5.61. The Hall–Kier alpha value is -2.08. The van der Waals surface area contributed by atoms with Gasteiger partial charge in [-0.25, -0.2) is 4.79 Å². The van der Waals surface area contributed by atoms with Crippen molar-refractivity contribution >= 4 is 11.9 Å². The molecule has 6 heteroatoms. The third-order valence-electron chi connectivity index (χ3n) is 4.27. The molecule has 0 unspecified atom stereocenters. The highest BCUT2D eigenvalue weighted by molar-refractivity contribution is 6.07. The van der Waals surface area contributed by atoms with Crippen LogP contribution in [0.5, 0.6) is 5.75 Å². The molecule has 1 saturated heterocycles. The van der Waals surface area contributed by atoms with Crippen molar-refractivity contribution in [2.24, 2.45) is 5.92 Å². The molecule has 0 aromatic heterocycles. The summed E-state index contributed by atoms with van der Waals surface area (Å²) in [5.41, 5.74) is -0.808. The Bertz CT molecular complexity index is 573. The van der Waals surface area contributed by atoms with Crippen molar-refractivity contribution in [3.8, 4) is 5.75 Å². The molecule has 1 saturated carbocycles. The number of benzene rings is 1. The number of urea groups is 1. The fourth-order valence-electron chi connectivity index (χ4n) is 2.79. The van der Waals surface area contributed by atoms with Crippen LogP contribution in [0.3, 0.4) is 0 Å². The monoisotopic (exact) mass is 304 g/mol. The van der Waals surface area contributed by atoms with Crippen LogP contribution in [0, 0.1) is 5.92 Å². The average molecular weight is 304 g/mol.